The van der Waals surface area contributed by atoms with E-state index >= 15 is 0 Å². The van der Waals surface area contributed by atoms with Crippen LogP contribution in [0.2, 0.25) is 0 Å². The molecule has 0 atom stereocenters. The van der Waals surface area contributed by atoms with Crippen molar-refractivity contribution >= 4 is 61.8 Å². The lowest BCUT2D eigenvalue weighted by atomic mass is 9.96. The maximum Gasteiger partial charge on any atom is 0.152 e. The second-order valence-electron chi connectivity index (χ2n) is 12.4. The number of H-pyrrole nitrogens is 2. The first-order valence-corrected chi connectivity index (χ1v) is 17.6. The molecule has 0 fully saturated rings. The van der Waals surface area contributed by atoms with Gasteiger partial charge in [-0.05, 0) is 58.9 Å². The van der Waals surface area contributed by atoms with Crippen molar-refractivity contribution in [2.24, 2.45) is 0 Å². The van der Waals surface area contributed by atoms with E-state index in [4.69, 9.17) is 18.2 Å². The molecule has 13 rings (SSSR count). The zero-order valence-electron chi connectivity index (χ0n) is 28.7. The Hall–Kier alpha value is -6.18. The summed E-state index contributed by atoms with van der Waals surface area (Å²) in [5.74, 6) is 1.55. The fourth-order valence-corrected chi connectivity index (χ4v) is 7.49. The largest absolute Gasteiger partial charge is 0.494 e. The molecule has 51 heavy (non-hydrogen) atoms. The van der Waals surface area contributed by atoms with Crippen LogP contribution in [-0.4, -0.2) is 32.9 Å². The Morgan fingerprint density at radius 1 is 0.765 bits per heavy atom. The number of rotatable bonds is 4. The predicted molar refractivity (Wildman–Crippen MR) is 214 cm³/mol. The second-order valence-corrected chi connectivity index (χ2v) is 12.9. The van der Waals surface area contributed by atoms with Crippen molar-refractivity contribution in [1.29, 1.82) is 0 Å². The van der Waals surface area contributed by atoms with Gasteiger partial charge in [-0.25, -0.2) is 0 Å². The molecule has 0 radical (unpaired) electrons. The highest BCUT2D eigenvalue weighted by atomic mass is 32.1. The lowest BCUT2D eigenvalue weighted by Gasteiger charge is -2.09. The fraction of sp³-hybridized carbons (Fsp3) is 0.0909. The first-order valence-electron chi connectivity index (χ1n) is 16.9. The molecule has 6 aliphatic heterocycles. The highest BCUT2D eigenvalue weighted by molar-refractivity contribution is 7.00. The number of aromatic amines is 2. The Kier molecular flexibility index (Phi) is 8.56. The third kappa shape index (κ3) is 5.81. The maximum atomic E-state index is 6.04. The van der Waals surface area contributed by atoms with Crippen molar-refractivity contribution in [3.05, 3.63) is 150 Å². The van der Waals surface area contributed by atoms with E-state index in [-0.39, 0.29) is 0 Å². The average Bonchev–Trinajstić information content (AvgIpc) is 3.93. The Morgan fingerprint density at radius 2 is 1.37 bits per heavy atom. The van der Waals surface area contributed by atoms with Gasteiger partial charge in [-0.2, -0.15) is 8.75 Å². The number of aromatic nitrogens is 4. The summed E-state index contributed by atoms with van der Waals surface area (Å²) in [6.07, 6.45) is 19.5. The van der Waals surface area contributed by atoms with Gasteiger partial charge in [0.15, 0.2) is 11.5 Å². The first kappa shape index (κ1) is 32.0. The molecule has 2 N–H and O–H groups in total. The van der Waals surface area contributed by atoms with Gasteiger partial charge in [0.05, 0.1) is 37.0 Å². The van der Waals surface area contributed by atoms with Crippen LogP contribution in [0.5, 0.6) is 11.5 Å². The van der Waals surface area contributed by atoms with E-state index in [1.54, 1.807) is 14.2 Å². The summed E-state index contributed by atoms with van der Waals surface area (Å²) in [6.45, 7) is 6.02. The topological polar surface area (TPSA) is 75.8 Å². The molecule has 250 valence electrons. The Balaban J connectivity index is 1.29. The van der Waals surface area contributed by atoms with Gasteiger partial charge >= 0.3 is 0 Å². The summed E-state index contributed by atoms with van der Waals surface area (Å²) in [7, 11) is 3.43. The van der Waals surface area contributed by atoms with Gasteiger partial charge in [0, 0.05) is 33.3 Å². The normalized spacial score (nSPS) is 16.4. The van der Waals surface area contributed by atoms with Crippen molar-refractivity contribution < 1.29 is 9.47 Å². The minimum absolute atomic E-state index is 0.773. The van der Waals surface area contributed by atoms with Gasteiger partial charge < -0.3 is 19.4 Å². The summed E-state index contributed by atoms with van der Waals surface area (Å²) < 4.78 is 21.6. The number of benzene rings is 4. The van der Waals surface area contributed by atoms with E-state index in [0.29, 0.717) is 0 Å². The van der Waals surface area contributed by atoms with Crippen molar-refractivity contribution in [2.75, 3.05) is 14.2 Å². The quantitative estimate of drug-likeness (QED) is 0.193. The minimum atomic E-state index is 0.773. The number of hydrogen-bond donors (Lipinski definition) is 2. The third-order valence-electron chi connectivity index (χ3n) is 9.37. The van der Waals surface area contributed by atoms with E-state index in [1.165, 1.54) is 17.3 Å². The zero-order valence-corrected chi connectivity index (χ0v) is 29.5. The van der Waals surface area contributed by atoms with Crippen LogP contribution in [0.1, 0.15) is 29.2 Å². The van der Waals surface area contributed by atoms with E-state index in [2.05, 4.69) is 132 Å². The molecule has 3 aromatic heterocycles. The molecule has 9 heterocycles. The molecule has 12 bridgehead atoms. The molecule has 6 nitrogen and oxygen atoms in total. The van der Waals surface area contributed by atoms with Crippen molar-refractivity contribution in [3.8, 4) is 34.0 Å². The van der Waals surface area contributed by atoms with Crippen LogP contribution in [0.15, 0.2) is 128 Å². The van der Waals surface area contributed by atoms with Crippen LogP contribution in [0.3, 0.4) is 0 Å². The highest BCUT2D eigenvalue weighted by Crippen LogP contribution is 2.45. The van der Waals surface area contributed by atoms with Crippen LogP contribution in [-0.2, 0) is 6.42 Å². The lowest BCUT2D eigenvalue weighted by Crippen LogP contribution is -1.91. The van der Waals surface area contributed by atoms with Crippen molar-refractivity contribution in [1.82, 2.24) is 18.7 Å². The molecule has 4 aromatic carbocycles. The van der Waals surface area contributed by atoms with Gasteiger partial charge in [0.1, 0.15) is 11.0 Å². The van der Waals surface area contributed by atoms with E-state index in [1.807, 2.05) is 19.1 Å². The number of hydrogen-bond acceptors (Lipinski definition) is 5. The Labute approximate surface area is 300 Å². The summed E-state index contributed by atoms with van der Waals surface area (Å²) in [5.41, 5.74) is 14.1. The van der Waals surface area contributed by atoms with E-state index in [0.717, 1.165) is 101 Å². The smallest absolute Gasteiger partial charge is 0.152 e. The molecule has 0 spiro atoms. The summed E-state index contributed by atoms with van der Waals surface area (Å²) in [6, 6.07) is 25.7. The molecule has 0 saturated heterocycles. The maximum absolute atomic E-state index is 6.04. The summed E-state index contributed by atoms with van der Waals surface area (Å²) in [4.78, 5) is 7.27. The van der Waals surface area contributed by atoms with Gasteiger partial charge in [-0.15, -0.1) is 0 Å². The predicted octanol–water partition coefficient (Wildman–Crippen LogP) is 11.4. The molecule has 7 heteroatoms. The summed E-state index contributed by atoms with van der Waals surface area (Å²) in [5, 5.41) is 1.91. The van der Waals surface area contributed by atoms with E-state index < -0.39 is 0 Å². The molecule has 0 amide bonds. The number of fused-ring (bicyclic) bond motifs is 2. The molecule has 0 saturated carbocycles. The fourth-order valence-electron chi connectivity index (χ4n) is 6.92. The standard InChI is InChI=1S/C44H36N4O2S/c1-5-9-29-13-7-11-27-15-19-31(20-16-27)37-25-35-41(45-37)44(50-4)36-26-38(46-42(36)43(35)49-3)32-21-17-28(18-22-32)12-8-14-30(10-6-2)34-24-23-33(29)39-40(34)48-51-47-39/h5-10,12-26,45-46H,1,11H2,2-4H3/b10-6-,12-8-,13-7-,29-9?,30-14+. The van der Waals surface area contributed by atoms with Gasteiger partial charge in [0.25, 0.3) is 0 Å². The van der Waals surface area contributed by atoms with Gasteiger partial charge in [0.2, 0.25) is 0 Å². The third-order valence-corrected chi connectivity index (χ3v) is 9.90. The first-order chi connectivity index (χ1) is 25.1. The average molecular weight is 685 g/mol. The monoisotopic (exact) mass is 684 g/mol. The van der Waals surface area contributed by atoms with Crippen LogP contribution in [0, 0.1) is 0 Å². The van der Waals surface area contributed by atoms with Crippen LogP contribution >= 0.6 is 11.7 Å². The van der Waals surface area contributed by atoms with Crippen LogP contribution in [0.25, 0.3) is 72.6 Å². The molecule has 6 aliphatic rings. The molecule has 7 aromatic rings. The molecule has 0 unspecified atom stereocenters. The summed E-state index contributed by atoms with van der Waals surface area (Å²) >= 11 is 1.24. The van der Waals surface area contributed by atoms with Crippen LogP contribution in [0.4, 0.5) is 0 Å². The van der Waals surface area contributed by atoms with Crippen LogP contribution < -0.4 is 9.47 Å². The SMILES string of the molecule is C=CC=C1/C=C\Cc2ccc(cc2)-c2cc3c(OC)c4[nH]c(cc4c(OC)c3[nH]2)-c2ccc(cc2)\C=C/C=C(\C=C/C)c2ccc1c1nsnc21. The molecular weight excluding hydrogens is 649 g/mol. The number of nitrogens with zero attached hydrogens (tertiary/aromatic N) is 2. The van der Waals surface area contributed by atoms with Gasteiger partial charge in [-0.1, -0.05) is 122 Å². The number of allylic oxidation sites excluding steroid dienone is 10. The Morgan fingerprint density at radius 3 is 1.98 bits per heavy atom. The molecule has 0 aliphatic carbocycles. The minimum Gasteiger partial charge on any atom is -0.494 e. The second kappa shape index (κ2) is 13.6. The van der Waals surface area contributed by atoms with Gasteiger partial charge in [-0.3, -0.25) is 0 Å². The zero-order chi connectivity index (χ0) is 34.9. The Bertz CT molecular complexity index is 2530. The molecular formula is C44H36N4O2S. The highest BCUT2D eigenvalue weighted by Gasteiger charge is 2.21. The van der Waals surface area contributed by atoms with E-state index in [9.17, 15) is 0 Å². The lowest BCUT2D eigenvalue weighted by molar-refractivity contribution is 0.417. The van der Waals surface area contributed by atoms with Crippen molar-refractivity contribution in [2.45, 2.75) is 13.3 Å². The van der Waals surface area contributed by atoms with Crippen molar-refractivity contribution in [3.63, 3.8) is 0 Å². The number of methoxy groups -OCH3 is 2. The number of nitrogens with one attached hydrogen (secondary N) is 2. The number of ether oxygens (including phenoxy) is 2.